The summed E-state index contributed by atoms with van der Waals surface area (Å²) in [6.45, 7) is 0. The molecule has 5 nitrogen and oxygen atoms in total. The average Bonchev–Trinajstić information content (AvgIpc) is 3.31. The third-order valence-electron chi connectivity index (χ3n) is 5.49. The Kier molecular flexibility index (Phi) is 8.03. The molecular weight excluding hydrogens is 526 g/mol. The first kappa shape index (κ1) is 25.3. The van der Waals surface area contributed by atoms with Crippen molar-refractivity contribution in [1.29, 1.82) is 0 Å². The number of halogens is 1. The molecular formula is C28H22FN3O2S3. The molecule has 0 radical (unpaired) electrons. The molecule has 5 aromatic rings. The number of aromatic nitrogens is 1. The number of carbonyl (C=O) groups is 2. The largest absolute Gasteiger partial charge is 0.325 e. The molecule has 0 saturated heterocycles. The molecule has 0 fully saturated rings. The van der Waals surface area contributed by atoms with Crippen molar-refractivity contribution in [3.8, 4) is 0 Å². The quantitative estimate of drug-likeness (QED) is 0.191. The van der Waals surface area contributed by atoms with E-state index in [4.69, 9.17) is 4.98 Å². The van der Waals surface area contributed by atoms with Crippen molar-refractivity contribution in [1.82, 2.24) is 4.98 Å². The molecule has 0 unspecified atom stereocenters. The van der Waals surface area contributed by atoms with E-state index in [-0.39, 0.29) is 29.1 Å². The molecule has 0 atom stereocenters. The molecule has 0 bridgehead atoms. The van der Waals surface area contributed by atoms with Gasteiger partial charge in [0, 0.05) is 22.5 Å². The number of thioether (sulfide) groups is 2. The Hall–Kier alpha value is -3.40. The Morgan fingerprint density at radius 2 is 1.51 bits per heavy atom. The van der Waals surface area contributed by atoms with Gasteiger partial charge in [0.2, 0.25) is 11.8 Å². The van der Waals surface area contributed by atoms with Crippen LogP contribution >= 0.6 is 34.9 Å². The molecule has 0 aliphatic heterocycles. The van der Waals surface area contributed by atoms with Crippen LogP contribution in [0.4, 0.5) is 15.8 Å². The van der Waals surface area contributed by atoms with Gasteiger partial charge in [0.25, 0.3) is 0 Å². The summed E-state index contributed by atoms with van der Waals surface area (Å²) >= 11 is 4.43. The third-order valence-corrected chi connectivity index (χ3v) is 8.63. The fourth-order valence-corrected chi connectivity index (χ4v) is 6.51. The molecule has 9 heteroatoms. The van der Waals surface area contributed by atoms with E-state index in [2.05, 4.69) is 10.6 Å². The van der Waals surface area contributed by atoms with Gasteiger partial charge in [-0.25, -0.2) is 9.37 Å². The second kappa shape index (κ2) is 11.8. The van der Waals surface area contributed by atoms with E-state index in [0.717, 1.165) is 31.2 Å². The van der Waals surface area contributed by atoms with Crippen LogP contribution in [0.15, 0.2) is 89.3 Å². The Labute approximate surface area is 225 Å². The Morgan fingerprint density at radius 3 is 2.30 bits per heavy atom. The van der Waals surface area contributed by atoms with Gasteiger partial charge in [0.05, 0.1) is 21.7 Å². The lowest BCUT2D eigenvalue weighted by Gasteiger charge is -2.06. The number of carbonyl (C=O) groups excluding carboxylic acids is 2. The lowest BCUT2D eigenvalue weighted by atomic mass is 10.1. The van der Waals surface area contributed by atoms with Crippen LogP contribution in [-0.2, 0) is 15.3 Å². The normalized spacial score (nSPS) is 11.1. The van der Waals surface area contributed by atoms with E-state index in [1.165, 1.54) is 17.8 Å². The Morgan fingerprint density at radius 1 is 0.811 bits per heavy atom. The highest BCUT2D eigenvalue weighted by molar-refractivity contribution is 8.00. The number of benzene rings is 4. The van der Waals surface area contributed by atoms with Gasteiger partial charge in [0.15, 0.2) is 4.34 Å². The number of thiazole rings is 1. The maximum Gasteiger partial charge on any atom is 0.234 e. The van der Waals surface area contributed by atoms with Crippen LogP contribution in [0.3, 0.4) is 0 Å². The van der Waals surface area contributed by atoms with Gasteiger partial charge in [-0.05, 0) is 47.3 Å². The highest BCUT2D eigenvalue weighted by atomic mass is 32.2. The summed E-state index contributed by atoms with van der Waals surface area (Å²) < 4.78 is 16.0. The molecule has 2 amide bonds. The second-order valence-electron chi connectivity index (χ2n) is 8.16. The standard InChI is InChI=1S/C28H22FN3O2S3/c29-23-12-10-18(21-8-4-5-9-22(21)23)15-36-28-32-24-13-11-20(14-25(24)37-28)31-27(34)17-35-16-26(33)30-19-6-2-1-3-7-19/h1-14H,15-17H2,(H,30,33)(H,31,34). The lowest BCUT2D eigenvalue weighted by Crippen LogP contribution is -2.18. The summed E-state index contributed by atoms with van der Waals surface area (Å²) in [7, 11) is 0. The monoisotopic (exact) mass is 547 g/mol. The van der Waals surface area contributed by atoms with Gasteiger partial charge in [0.1, 0.15) is 5.82 Å². The van der Waals surface area contributed by atoms with E-state index in [9.17, 15) is 14.0 Å². The van der Waals surface area contributed by atoms with E-state index in [1.54, 1.807) is 29.2 Å². The molecule has 1 aromatic heterocycles. The lowest BCUT2D eigenvalue weighted by molar-refractivity contribution is -0.114. The van der Waals surface area contributed by atoms with Crippen molar-refractivity contribution in [2.75, 3.05) is 22.1 Å². The Bertz CT molecular complexity index is 1570. The number of hydrogen-bond donors (Lipinski definition) is 2. The van der Waals surface area contributed by atoms with Crippen molar-refractivity contribution < 1.29 is 14.0 Å². The summed E-state index contributed by atoms with van der Waals surface area (Å²) in [6, 6.07) is 25.7. The Balaban J connectivity index is 1.15. The first-order chi connectivity index (χ1) is 18.0. The number of nitrogens with zero attached hydrogens (tertiary/aromatic N) is 1. The van der Waals surface area contributed by atoms with Crippen molar-refractivity contribution >= 4 is 79.0 Å². The second-order valence-corrected chi connectivity index (χ2v) is 11.4. The smallest absolute Gasteiger partial charge is 0.234 e. The molecule has 5 rings (SSSR count). The minimum Gasteiger partial charge on any atom is -0.325 e. The predicted octanol–water partition coefficient (Wildman–Crippen LogP) is 7.19. The van der Waals surface area contributed by atoms with E-state index in [0.29, 0.717) is 16.8 Å². The van der Waals surface area contributed by atoms with Crippen molar-refractivity contribution in [3.63, 3.8) is 0 Å². The van der Waals surface area contributed by atoms with Crippen LogP contribution in [-0.4, -0.2) is 28.3 Å². The van der Waals surface area contributed by atoms with Crippen LogP contribution in [0.5, 0.6) is 0 Å². The van der Waals surface area contributed by atoms with Gasteiger partial charge >= 0.3 is 0 Å². The van der Waals surface area contributed by atoms with Crippen molar-refractivity contribution in [2.45, 2.75) is 10.1 Å². The highest BCUT2D eigenvalue weighted by Gasteiger charge is 2.11. The molecule has 2 N–H and O–H groups in total. The minimum absolute atomic E-state index is 0.145. The first-order valence-electron chi connectivity index (χ1n) is 11.5. The minimum atomic E-state index is -0.215. The first-order valence-corrected chi connectivity index (χ1v) is 14.4. The van der Waals surface area contributed by atoms with Gasteiger partial charge in [-0.1, -0.05) is 60.3 Å². The highest BCUT2D eigenvalue weighted by Crippen LogP contribution is 2.34. The van der Waals surface area contributed by atoms with Crippen molar-refractivity contribution in [3.05, 3.63) is 96.3 Å². The number of para-hydroxylation sites is 1. The van der Waals surface area contributed by atoms with E-state index < -0.39 is 0 Å². The van der Waals surface area contributed by atoms with E-state index in [1.807, 2.05) is 72.8 Å². The number of nitrogens with one attached hydrogen (secondary N) is 2. The summed E-state index contributed by atoms with van der Waals surface area (Å²) in [5.74, 6) is 0.524. The van der Waals surface area contributed by atoms with Gasteiger partial charge in [-0.2, -0.15) is 0 Å². The zero-order chi connectivity index (χ0) is 25.6. The zero-order valence-corrected chi connectivity index (χ0v) is 22.0. The van der Waals surface area contributed by atoms with Crippen LogP contribution < -0.4 is 10.6 Å². The number of rotatable bonds is 9. The van der Waals surface area contributed by atoms with Crippen molar-refractivity contribution in [2.24, 2.45) is 0 Å². The predicted molar refractivity (Wildman–Crippen MR) is 154 cm³/mol. The van der Waals surface area contributed by atoms with Gasteiger partial charge in [-0.15, -0.1) is 23.1 Å². The summed E-state index contributed by atoms with van der Waals surface area (Å²) in [6.07, 6.45) is 0. The molecule has 0 saturated carbocycles. The molecule has 4 aromatic carbocycles. The fourth-order valence-electron chi connectivity index (χ4n) is 3.79. The van der Waals surface area contributed by atoms with Gasteiger partial charge < -0.3 is 10.6 Å². The van der Waals surface area contributed by atoms with E-state index >= 15 is 0 Å². The third kappa shape index (κ3) is 6.49. The zero-order valence-electron chi connectivity index (χ0n) is 19.6. The van der Waals surface area contributed by atoms with Gasteiger partial charge in [-0.3, -0.25) is 9.59 Å². The molecule has 0 aliphatic rings. The van der Waals surface area contributed by atoms with Crippen LogP contribution in [0.1, 0.15) is 5.56 Å². The number of hydrogen-bond acceptors (Lipinski definition) is 6. The van der Waals surface area contributed by atoms with Crippen LogP contribution in [0, 0.1) is 5.82 Å². The van der Waals surface area contributed by atoms with Crippen LogP contribution in [0.25, 0.3) is 21.0 Å². The number of anilines is 2. The summed E-state index contributed by atoms with van der Waals surface area (Å²) in [5, 5.41) is 7.24. The molecule has 1 heterocycles. The number of fused-ring (bicyclic) bond motifs is 2. The summed E-state index contributed by atoms with van der Waals surface area (Å²) in [5.41, 5.74) is 3.35. The SMILES string of the molecule is O=C(CSCC(=O)Nc1ccc2nc(SCc3ccc(F)c4ccccc34)sc2c1)Nc1ccccc1. The maximum absolute atomic E-state index is 14.1. The fraction of sp³-hybridized carbons (Fsp3) is 0.107. The molecule has 0 spiro atoms. The maximum atomic E-state index is 14.1. The topological polar surface area (TPSA) is 71.1 Å². The molecule has 37 heavy (non-hydrogen) atoms. The summed E-state index contributed by atoms with van der Waals surface area (Å²) in [4.78, 5) is 29.1. The number of amides is 2. The average molecular weight is 548 g/mol. The van der Waals surface area contributed by atoms with Crippen LogP contribution in [0.2, 0.25) is 0 Å². The molecule has 186 valence electrons. The molecule has 0 aliphatic carbocycles.